The Hall–Kier alpha value is -1.30. The normalized spacial score (nSPS) is 18.6. The van der Waals surface area contributed by atoms with E-state index in [0.717, 1.165) is 12.1 Å². The van der Waals surface area contributed by atoms with Gasteiger partial charge in [0, 0.05) is 13.1 Å². The van der Waals surface area contributed by atoms with Crippen LogP contribution in [-0.4, -0.2) is 18.7 Å². The molecule has 0 atom stereocenters. The lowest BCUT2D eigenvalue weighted by Gasteiger charge is -2.39. The zero-order valence-electron chi connectivity index (χ0n) is 9.07. The van der Waals surface area contributed by atoms with Crippen molar-refractivity contribution in [2.45, 2.75) is 18.7 Å². The van der Waals surface area contributed by atoms with Gasteiger partial charge in [0.2, 0.25) is 0 Å². The van der Waals surface area contributed by atoms with Gasteiger partial charge in [-0.05, 0) is 25.1 Å². The molecular formula is C11H11F4NO. The van der Waals surface area contributed by atoms with Crippen molar-refractivity contribution >= 4 is 0 Å². The summed E-state index contributed by atoms with van der Waals surface area (Å²) in [5.41, 5.74) is -1.56. The van der Waals surface area contributed by atoms with E-state index < -0.39 is 23.2 Å². The van der Waals surface area contributed by atoms with Crippen molar-refractivity contribution in [2.24, 2.45) is 0 Å². The van der Waals surface area contributed by atoms with Crippen molar-refractivity contribution in [3.63, 3.8) is 0 Å². The summed E-state index contributed by atoms with van der Waals surface area (Å²) in [6, 6.07) is 2.28. The molecule has 94 valence electrons. The van der Waals surface area contributed by atoms with E-state index in [4.69, 9.17) is 4.74 Å². The van der Waals surface area contributed by atoms with Gasteiger partial charge in [0.25, 0.3) is 0 Å². The monoisotopic (exact) mass is 249 g/mol. The van der Waals surface area contributed by atoms with Gasteiger partial charge in [0.1, 0.15) is 5.60 Å². The first-order chi connectivity index (χ1) is 7.80. The molecule has 17 heavy (non-hydrogen) atoms. The lowest BCUT2D eigenvalue weighted by atomic mass is 10.00. The molecular weight excluding hydrogens is 238 g/mol. The van der Waals surface area contributed by atoms with Gasteiger partial charge in [-0.25, -0.2) is 4.39 Å². The van der Waals surface area contributed by atoms with Crippen LogP contribution in [0, 0.1) is 5.82 Å². The minimum absolute atomic E-state index is 0.151. The Morgan fingerprint density at radius 2 is 1.94 bits per heavy atom. The molecule has 1 aromatic carbocycles. The van der Waals surface area contributed by atoms with Crippen molar-refractivity contribution in [1.29, 1.82) is 0 Å². The minimum Gasteiger partial charge on any atom is -0.482 e. The summed E-state index contributed by atoms with van der Waals surface area (Å²) in [5, 5.41) is 2.95. The van der Waals surface area contributed by atoms with E-state index in [9.17, 15) is 17.6 Å². The van der Waals surface area contributed by atoms with Crippen molar-refractivity contribution in [3.05, 3.63) is 29.6 Å². The van der Waals surface area contributed by atoms with E-state index in [1.807, 2.05) is 0 Å². The topological polar surface area (TPSA) is 21.3 Å². The number of ether oxygens (including phenoxy) is 1. The average Bonchev–Trinajstić information content (AvgIpc) is 2.17. The molecule has 1 N–H and O–H groups in total. The van der Waals surface area contributed by atoms with Crippen LogP contribution in [0.3, 0.4) is 0 Å². The Morgan fingerprint density at radius 1 is 1.29 bits per heavy atom. The quantitative estimate of drug-likeness (QED) is 0.813. The minimum atomic E-state index is -4.54. The van der Waals surface area contributed by atoms with Crippen LogP contribution < -0.4 is 10.1 Å². The van der Waals surface area contributed by atoms with Gasteiger partial charge in [-0.1, -0.05) is 0 Å². The maximum atomic E-state index is 13.4. The Bertz CT molecular complexity index is 426. The van der Waals surface area contributed by atoms with Gasteiger partial charge < -0.3 is 10.1 Å². The predicted octanol–water partition coefficient (Wildman–Crippen LogP) is 2.59. The molecule has 2 rings (SSSR count). The van der Waals surface area contributed by atoms with E-state index in [0.29, 0.717) is 19.2 Å². The highest BCUT2D eigenvalue weighted by molar-refractivity contribution is 5.31. The molecule has 1 heterocycles. The third kappa shape index (κ3) is 2.52. The van der Waals surface area contributed by atoms with E-state index in [-0.39, 0.29) is 5.75 Å². The van der Waals surface area contributed by atoms with Crippen LogP contribution in [-0.2, 0) is 6.18 Å². The largest absolute Gasteiger partial charge is 0.482 e. The van der Waals surface area contributed by atoms with Crippen LogP contribution in [0.25, 0.3) is 0 Å². The second-order valence-electron chi connectivity index (χ2n) is 4.30. The summed E-state index contributed by atoms with van der Waals surface area (Å²) >= 11 is 0. The van der Waals surface area contributed by atoms with Crippen molar-refractivity contribution in [1.82, 2.24) is 5.32 Å². The summed E-state index contributed by atoms with van der Waals surface area (Å²) in [6.45, 7) is 2.86. The van der Waals surface area contributed by atoms with E-state index >= 15 is 0 Å². The Labute approximate surface area is 95.6 Å². The van der Waals surface area contributed by atoms with Crippen LogP contribution in [0.15, 0.2) is 18.2 Å². The van der Waals surface area contributed by atoms with Crippen LogP contribution in [0.4, 0.5) is 17.6 Å². The van der Waals surface area contributed by atoms with Gasteiger partial charge >= 0.3 is 6.18 Å². The number of alkyl halides is 3. The fraction of sp³-hybridized carbons (Fsp3) is 0.455. The Morgan fingerprint density at radius 3 is 2.35 bits per heavy atom. The molecule has 1 aliphatic rings. The summed E-state index contributed by atoms with van der Waals surface area (Å²) in [5.74, 6) is -1.14. The fourth-order valence-corrected chi connectivity index (χ4v) is 1.57. The third-order valence-corrected chi connectivity index (χ3v) is 2.61. The fourth-order valence-electron chi connectivity index (χ4n) is 1.57. The average molecular weight is 249 g/mol. The highest BCUT2D eigenvalue weighted by Gasteiger charge is 2.36. The number of benzene rings is 1. The van der Waals surface area contributed by atoms with E-state index in [1.165, 1.54) is 0 Å². The molecule has 0 aromatic heterocycles. The SMILES string of the molecule is CC1(Oc2ccc(C(F)(F)F)cc2F)CNC1. The molecule has 1 saturated heterocycles. The number of rotatable bonds is 2. The molecule has 0 saturated carbocycles. The molecule has 0 unspecified atom stereocenters. The highest BCUT2D eigenvalue weighted by atomic mass is 19.4. The smallest absolute Gasteiger partial charge is 0.416 e. The van der Waals surface area contributed by atoms with E-state index in [1.54, 1.807) is 6.92 Å². The molecule has 1 fully saturated rings. The molecule has 0 amide bonds. The maximum Gasteiger partial charge on any atom is 0.416 e. The third-order valence-electron chi connectivity index (χ3n) is 2.61. The van der Waals surface area contributed by atoms with Crippen LogP contribution in [0.5, 0.6) is 5.75 Å². The summed E-state index contributed by atoms with van der Waals surface area (Å²) < 4.78 is 55.6. The molecule has 0 aliphatic carbocycles. The molecule has 0 radical (unpaired) electrons. The van der Waals surface area contributed by atoms with Crippen LogP contribution in [0.2, 0.25) is 0 Å². The Kier molecular flexibility index (Phi) is 2.77. The second-order valence-corrected chi connectivity index (χ2v) is 4.30. The van der Waals surface area contributed by atoms with E-state index in [2.05, 4.69) is 5.32 Å². The van der Waals surface area contributed by atoms with Gasteiger partial charge in [-0.15, -0.1) is 0 Å². The maximum absolute atomic E-state index is 13.4. The first-order valence-corrected chi connectivity index (χ1v) is 5.07. The standard InChI is InChI=1S/C11H11F4NO/c1-10(5-16-6-10)17-9-3-2-7(4-8(9)12)11(13,14)15/h2-4,16H,5-6H2,1H3. The molecule has 1 aromatic rings. The van der Waals surface area contributed by atoms with Gasteiger partial charge in [0.05, 0.1) is 5.56 Å². The van der Waals surface area contributed by atoms with Gasteiger partial charge in [0.15, 0.2) is 11.6 Å². The first-order valence-electron chi connectivity index (χ1n) is 5.07. The summed E-state index contributed by atoms with van der Waals surface area (Å²) in [4.78, 5) is 0. The lowest BCUT2D eigenvalue weighted by Crippen LogP contribution is -2.61. The molecule has 1 aliphatic heterocycles. The van der Waals surface area contributed by atoms with Gasteiger partial charge in [-0.3, -0.25) is 0 Å². The number of hydrogen-bond donors (Lipinski definition) is 1. The van der Waals surface area contributed by atoms with Crippen molar-refractivity contribution < 1.29 is 22.3 Å². The number of halogens is 4. The van der Waals surface area contributed by atoms with Crippen molar-refractivity contribution in [2.75, 3.05) is 13.1 Å². The van der Waals surface area contributed by atoms with Crippen LogP contribution >= 0.6 is 0 Å². The van der Waals surface area contributed by atoms with Crippen molar-refractivity contribution in [3.8, 4) is 5.75 Å². The zero-order valence-corrected chi connectivity index (χ0v) is 9.07. The van der Waals surface area contributed by atoms with Crippen LogP contribution in [0.1, 0.15) is 12.5 Å². The lowest BCUT2D eigenvalue weighted by molar-refractivity contribution is -0.137. The van der Waals surface area contributed by atoms with Gasteiger partial charge in [-0.2, -0.15) is 13.2 Å². The molecule has 0 bridgehead atoms. The Balaban J connectivity index is 2.20. The molecule has 2 nitrogen and oxygen atoms in total. The first kappa shape index (κ1) is 12.2. The summed E-state index contributed by atoms with van der Waals surface area (Å²) in [7, 11) is 0. The second kappa shape index (κ2) is 3.87. The predicted molar refractivity (Wildman–Crippen MR) is 53.3 cm³/mol. The summed E-state index contributed by atoms with van der Waals surface area (Å²) in [6.07, 6.45) is -4.54. The highest BCUT2D eigenvalue weighted by Crippen LogP contribution is 2.33. The molecule has 0 spiro atoms. The number of hydrogen-bond acceptors (Lipinski definition) is 2. The molecule has 6 heteroatoms. The zero-order chi connectivity index (χ0) is 12.7. The number of nitrogens with one attached hydrogen (secondary N) is 1.